The first-order valence-electron chi connectivity index (χ1n) is 7.16. The molecule has 1 unspecified atom stereocenters. The normalized spacial score (nSPS) is 21.8. The lowest BCUT2D eigenvalue weighted by Crippen LogP contribution is -2.32. The molecule has 1 fully saturated rings. The number of hydrogen-bond donors (Lipinski definition) is 2. The van der Waals surface area contributed by atoms with Crippen LogP contribution in [0.25, 0.3) is 0 Å². The number of H-pyrrole nitrogens is 1. The van der Waals surface area contributed by atoms with Gasteiger partial charge in [0.1, 0.15) is 5.56 Å². The van der Waals surface area contributed by atoms with Gasteiger partial charge in [0, 0.05) is 12.2 Å². The fourth-order valence-corrected chi connectivity index (χ4v) is 2.71. The van der Waals surface area contributed by atoms with Crippen molar-refractivity contribution in [3.63, 3.8) is 0 Å². The van der Waals surface area contributed by atoms with Crippen molar-refractivity contribution >= 4 is 5.91 Å². The van der Waals surface area contributed by atoms with Gasteiger partial charge in [0.15, 0.2) is 0 Å². The molecule has 1 heterocycles. The summed E-state index contributed by atoms with van der Waals surface area (Å²) in [5.41, 5.74) is 2.17. The van der Waals surface area contributed by atoms with Crippen LogP contribution in [-0.2, 0) is 12.8 Å². The van der Waals surface area contributed by atoms with Gasteiger partial charge in [-0.3, -0.25) is 9.59 Å². The van der Waals surface area contributed by atoms with Crippen molar-refractivity contribution in [2.75, 3.05) is 6.54 Å². The van der Waals surface area contributed by atoms with Crippen LogP contribution >= 0.6 is 0 Å². The van der Waals surface area contributed by atoms with Gasteiger partial charge in [-0.25, -0.2) is 0 Å². The second-order valence-corrected chi connectivity index (χ2v) is 6.02. The summed E-state index contributed by atoms with van der Waals surface area (Å²) in [6.07, 6.45) is 5.36. The molecule has 1 aromatic heterocycles. The molecule has 0 spiro atoms. The van der Waals surface area contributed by atoms with Gasteiger partial charge in [-0.2, -0.15) is 0 Å². The number of fused-ring (bicyclic) bond motifs is 1. The second-order valence-electron chi connectivity index (χ2n) is 6.02. The van der Waals surface area contributed by atoms with Crippen molar-refractivity contribution in [3.05, 3.63) is 33.2 Å². The standard InChI is InChI=1S/C15H20N2O2/c1-9-2-5-13-11(6-9)7-12(15(19)17-13)14(18)16-8-10-3-4-10/h7,9-10H,2-6,8H2,1H3,(H,16,18)(H,17,19). The summed E-state index contributed by atoms with van der Waals surface area (Å²) in [4.78, 5) is 26.9. The van der Waals surface area contributed by atoms with Gasteiger partial charge in [0.25, 0.3) is 11.5 Å². The number of nitrogens with one attached hydrogen (secondary N) is 2. The quantitative estimate of drug-likeness (QED) is 0.868. The molecule has 0 bridgehead atoms. The van der Waals surface area contributed by atoms with Crippen molar-refractivity contribution in [2.24, 2.45) is 11.8 Å². The Balaban J connectivity index is 1.82. The van der Waals surface area contributed by atoms with Gasteiger partial charge < -0.3 is 10.3 Å². The van der Waals surface area contributed by atoms with Crippen LogP contribution in [0.2, 0.25) is 0 Å². The molecule has 0 aliphatic heterocycles. The number of aromatic amines is 1. The highest BCUT2D eigenvalue weighted by Gasteiger charge is 2.24. The van der Waals surface area contributed by atoms with E-state index in [0.29, 0.717) is 18.4 Å². The average Bonchev–Trinajstić information content (AvgIpc) is 3.19. The molecule has 1 aromatic rings. The molecule has 2 N–H and O–H groups in total. The summed E-state index contributed by atoms with van der Waals surface area (Å²) in [5, 5.41) is 2.86. The third kappa shape index (κ3) is 2.72. The van der Waals surface area contributed by atoms with Crippen LogP contribution in [0, 0.1) is 11.8 Å². The predicted molar refractivity (Wildman–Crippen MR) is 73.3 cm³/mol. The highest BCUT2D eigenvalue weighted by atomic mass is 16.2. The number of hydrogen-bond acceptors (Lipinski definition) is 2. The number of carbonyl (C=O) groups is 1. The number of aromatic nitrogens is 1. The summed E-state index contributed by atoms with van der Waals surface area (Å²) in [7, 11) is 0. The third-order valence-corrected chi connectivity index (χ3v) is 4.16. The van der Waals surface area contributed by atoms with Crippen molar-refractivity contribution < 1.29 is 4.79 Å². The van der Waals surface area contributed by atoms with E-state index in [-0.39, 0.29) is 17.0 Å². The summed E-state index contributed by atoms with van der Waals surface area (Å²) >= 11 is 0. The molecule has 1 atom stereocenters. The Morgan fingerprint density at radius 3 is 2.95 bits per heavy atom. The summed E-state index contributed by atoms with van der Waals surface area (Å²) in [6, 6.07) is 1.80. The van der Waals surface area contributed by atoms with Gasteiger partial charge in [0.05, 0.1) is 0 Å². The second kappa shape index (κ2) is 4.83. The van der Waals surface area contributed by atoms with Crippen molar-refractivity contribution in [1.82, 2.24) is 10.3 Å². The molecular formula is C15H20N2O2. The minimum absolute atomic E-state index is 0.228. The first-order chi connectivity index (χ1) is 9.13. The zero-order valence-corrected chi connectivity index (χ0v) is 11.3. The summed E-state index contributed by atoms with van der Waals surface area (Å²) < 4.78 is 0. The topological polar surface area (TPSA) is 62.0 Å². The van der Waals surface area contributed by atoms with Crippen molar-refractivity contribution in [2.45, 2.75) is 39.0 Å². The maximum Gasteiger partial charge on any atom is 0.261 e. The average molecular weight is 260 g/mol. The minimum Gasteiger partial charge on any atom is -0.352 e. The molecule has 0 radical (unpaired) electrons. The van der Waals surface area contributed by atoms with E-state index in [2.05, 4.69) is 17.2 Å². The van der Waals surface area contributed by atoms with Crippen molar-refractivity contribution in [1.29, 1.82) is 0 Å². The molecular weight excluding hydrogens is 240 g/mol. The van der Waals surface area contributed by atoms with Gasteiger partial charge in [-0.1, -0.05) is 6.92 Å². The fourth-order valence-electron chi connectivity index (χ4n) is 2.71. The lowest BCUT2D eigenvalue weighted by Gasteiger charge is -2.21. The Morgan fingerprint density at radius 2 is 2.21 bits per heavy atom. The number of amides is 1. The van der Waals surface area contributed by atoms with Crippen LogP contribution < -0.4 is 10.9 Å². The lowest BCUT2D eigenvalue weighted by atomic mass is 9.87. The number of aryl methyl sites for hydroxylation is 1. The smallest absolute Gasteiger partial charge is 0.261 e. The van der Waals surface area contributed by atoms with E-state index in [1.54, 1.807) is 6.07 Å². The zero-order chi connectivity index (χ0) is 13.4. The molecule has 0 saturated heterocycles. The van der Waals surface area contributed by atoms with Crippen LogP contribution in [0.1, 0.15) is 47.8 Å². The van der Waals surface area contributed by atoms with Crippen LogP contribution in [-0.4, -0.2) is 17.4 Å². The Labute approximate surface area is 112 Å². The number of carbonyl (C=O) groups excluding carboxylic acids is 1. The van der Waals surface area contributed by atoms with E-state index in [0.717, 1.165) is 30.5 Å². The molecule has 102 valence electrons. The van der Waals surface area contributed by atoms with Gasteiger partial charge >= 0.3 is 0 Å². The first-order valence-corrected chi connectivity index (χ1v) is 7.16. The Hall–Kier alpha value is -1.58. The lowest BCUT2D eigenvalue weighted by molar-refractivity contribution is 0.0950. The molecule has 1 saturated carbocycles. The Kier molecular flexibility index (Phi) is 3.17. The molecule has 1 amide bonds. The predicted octanol–water partition coefficient (Wildman–Crippen LogP) is 1.64. The maximum absolute atomic E-state index is 12.0. The van der Waals surface area contributed by atoms with E-state index in [4.69, 9.17) is 0 Å². The summed E-state index contributed by atoms with van der Waals surface area (Å²) in [5.74, 6) is 1.02. The molecule has 3 rings (SSSR count). The van der Waals surface area contributed by atoms with Crippen LogP contribution in [0.4, 0.5) is 0 Å². The van der Waals surface area contributed by atoms with Gasteiger partial charge in [-0.15, -0.1) is 0 Å². The van der Waals surface area contributed by atoms with Crippen LogP contribution in [0.15, 0.2) is 10.9 Å². The minimum atomic E-state index is -0.249. The van der Waals surface area contributed by atoms with E-state index in [9.17, 15) is 9.59 Å². The van der Waals surface area contributed by atoms with Gasteiger partial charge in [0.2, 0.25) is 0 Å². The summed E-state index contributed by atoms with van der Waals surface area (Å²) in [6.45, 7) is 2.91. The highest BCUT2D eigenvalue weighted by molar-refractivity contribution is 5.94. The van der Waals surface area contributed by atoms with E-state index in [1.165, 1.54) is 12.8 Å². The van der Waals surface area contributed by atoms with Crippen LogP contribution in [0.5, 0.6) is 0 Å². The molecule has 2 aliphatic rings. The first kappa shape index (κ1) is 12.5. The monoisotopic (exact) mass is 260 g/mol. The van der Waals surface area contributed by atoms with Crippen LogP contribution in [0.3, 0.4) is 0 Å². The maximum atomic E-state index is 12.0. The third-order valence-electron chi connectivity index (χ3n) is 4.16. The largest absolute Gasteiger partial charge is 0.352 e. The fraction of sp³-hybridized carbons (Fsp3) is 0.600. The Morgan fingerprint density at radius 1 is 1.42 bits per heavy atom. The van der Waals surface area contributed by atoms with E-state index >= 15 is 0 Å². The molecule has 0 aromatic carbocycles. The van der Waals surface area contributed by atoms with Crippen molar-refractivity contribution in [3.8, 4) is 0 Å². The molecule has 4 nitrogen and oxygen atoms in total. The van der Waals surface area contributed by atoms with E-state index in [1.807, 2.05) is 0 Å². The number of rotatable bonds is 3. The zero-order valence-electron chi connectivity index (χ0n) is 11.3. The van der Waals surface area contributed by atoms with Gasteiger partial charge in [-0.05, 0) is 55.6 Å². The number of pyridine rings is 1. The van der Waals surface area contributed by atoms with E-state index < -0.39 is 0 Å². The molecule has 4 heteroatoms. The highest BCUT2D eigenvalue weighted by Crippen LogP contribution is 2.27. The molecule has 2 aliphatic carbocycles. The molecule has 19 heavy (non-hydrogen) atoms. The Bertz CT molecular complexity index is 558. The SMILES string of the molecule is CC1CCc2[nH]c(=O)c(C(=O)NCC3CC3)cc2C1.